The Labute approximate surface area is 182 Å². The molecule has 2 amide bonds. The molecule has 0 N–H and O–H groups in total. The molecule has 164 valence electrons. The van der Waals surface area contributed by atoms with Gasteiger partial charge in [-0.2, -0.15) is 0 Å². The van der Waals surface area contributed by atoms with E-state index in [0.29, 0.717) is 56.5 Å². The van der Waals surface area contributed by atoms with Crippen LogP contribution in [0.1, 0.15) is 21.8 Å². The Hall–Kier alpha value is -3.06. The normalized spacial score (nSPS) is 21.1. The minimum Gasteiger partial charge on any atom is -0.497 e. The third-order valence-electron chi connectivity index (χ3n) is 6.11. The third kappa shape index (κ3) is 4.37. The van der Waals surface area contributed by atoms with Crippen LogP contribution in [0.3, 0.4) is 0 Å². The van der Waals surface area contributed by atoms with E-state index in [2.05, 4.69) is 0 Å². The highest BCUT2D eigenvalue weighted by Gasteiger charge is 2.43. The van der Waals surface area contributed by atoms with Crippen molar-refractivity contribution in [3.63, 3.8) is 0 Å². The molecule has 0 spiro atoms. The highest BCUT2D eigenvalue weighted by atomic mass is 16.5. The molecule has 4 rings (SSSR count). The number of likely N-dealkylation sites (tertiary alicyclic amines) is 1. The van der Waals surface area contributed by atoms with E-state index in [9.17, 15) is 9.59 Å². The van der Waals surface area contributed by atoms with Gasteiger partial charge in [0, 0.05) is 49.3 Å². The van der Waals surface area contributed by atoms with Crippen LogP contribution in [0.15, 0.2) is 48.5 Å². The summed E-state index contributed by atoms with van der Waals surface area (Å²) < 4.78 is 16.4. The molecule has 7 heteroatoms. The summed E-state index contributed by atoms with van der Waals surface area (Å²) in [6.45, 7) is 3.08. The number of carbonyl (C=O) groups is 2. The average Bonchev–Trinajstić information content (AvgIpc) is 3.28. The van der Waals surface area contributed by atoms with Crippen molar-refractivity contribution in [2.45, 2.75) is 5.92 Å². The minimum absolute atomic E-state index is 0.0599. The average molecular weight is 424 g/mol. The molecule has 31 heavy (non-hydrogen) atoms. The van der Waals surface area contributed by atoms with Crippen molar-refractivity contribution in [2.75, 3.05) is 53.6 Å². The third-order valence-corrected chi connectivity index (χ3v) is 6.11. The van der Waals surface area contributed by atoms with Crippen molar-refractivity contribution >= 4 is 11.8 Å². The monoisotopic (exact) mass is 424 g/mol. The summed E-state index contributed by atoms with van der Waals surface area (Å²) in [6, 6.07) is 14.8. The van der Waals surface area contributed by atoms with Gasteiger partial charge in [0.2, 0.25) is 5.91 Å². The van der Waals surface area contributed by atoms with Crippen molar-refractivity contribution < 1.29 is 23.8 Å². The summed E-state index contributed by atoms with van der Waals surface area (Å²) >= 11 is 0. The second kappa shape index (κ2) is 9.39. The summed E-state index contributed by atoms with van der Waals surface area (Å²) in [4.78, 5) is 30.3. The van der Waals surface area contributed by atoms with E-state index in [0.717, 1.165) is 5.56 Å². The number of hydrogen-bond donors (Lipinski definition) is 0. The molecule has 2 aromatic rings. The van der Waals surface area contributed by atoms with Crippen LogP contribution >= 0.6 is 0 Å². The van der Waals surface area contributed by atoms with Crippen LogP contribution in [-0.2, 0) is 9.53 Å². The fourth-order valence-corrected chi connectivity index (χ4v) is 4.44. The lowest BCUT2D eigenvalue weighted by molar-refractivity contribution is -0.139. The Morgan fingerprint density at radius 2 is 1.68 bits per heavy atom. The molecule has 0 bridgehead atoms. The van der Waals surface area contributed by atoms with Crippen LogP contribution < -0.4 is 9.47 Å². The smallest absolute Gasteiger partial charge is 0.253 e. The fourth-order valence-electron chi connectivity index (χ4n) is 4.44. The van der Waals surface area contributed by atoms with Gasteiger partial charge < -0.3 is 24.0 Å². The van der Waals surface area contributed by atoms with Gasteiger partial charge in [-0.1, -0.05) is 24.3 Å². The molecule has 2 fully saturated rings. The molecule has 2 aliphatic heterocycles. The number of carbonyl (C=O) groups excluding carboxylic acids is 2. The number of ether oxygens (including phenoxy) is 3. The molecule has 2 atom stereocenters. The number of amides is 2. The van der Waals surface area contributed by atoms with Gasteiger partial charge >= 0.3 is 0 Å². The first-order valence-corrected chi connectivity index (χ1v) is 10.5. The summed E-state index contributed by atoms with van der Waals surface area (Å²) in [5.41, 5.74) is 1.54. The first kappa shape index (κ1) is 21.2. The van der Waals surface area contributed by atoms with Gasteiger partial charge in [-0.3, -0.25) is 9.59 Å². The van der Waals surface area contributed by atoms with Crippen LogP contribution in [0, 0.1) is 5.92 Å². The standard InChI is InChI=1S/C24H28N2O5/c1-29-18-8-9-19(22(14-18)30-2)20-15-26(23(27)17-6-4-3-5-7-17)16-21(20)24(28)25-10-12-31-13-11-25/h3-9,14,20-21H,10-13,15-16H2,1-2H3/t20-,21+/m1/s1. The molecular weight excluding hydrogens is 396 g/mol. The SMILES string of the molecule is COc1ccc([C@H]2CN(C(=O)c3ccccc3)C[C@@H]2C(=O)N2CCOCC2)c(OC)c1. The molecule has 0 unspecified atom stereocenters. The van der Waals surface area contributed by atoms with Crippen LogP contribution in [0.4, 0.5) is 0 Å². The minimum atomic E-state index is -0.340. The lowest BCUT2D eigenvalue weighted by atomic mass is 9.87. The van der Waals surface area contributed by atoms with Crippen molar-refractivity contribution in [3.8, 4) is 11.5 Å². The van der Waals surface area contributed by atoms with Crippen molar-refractivity contribution in [1.29, 1.82) is 0 Å². The first-order valence-electron chi connectivity index (χ1n) is 10.5. The summed E-state index contributed by atoms with van der Waals surface area (Å²) in [5, 5.41) is 0. The second-order valence-corrected chi connectivity index (χ2v) is 7.83. The molecular formula is C24H28N2O5. The number of hydrogen-bond acceptors (Lipinski definition) is 5. The first-order chi connectivity index (χ1) is 15.1. The molecule has 0 saturated carbocycles. The lowest BCUT2D eigenvalue weighted by Gasteiger charge is -2.31. The zero-order valence-electron chi connectivity index (χ0n) is 18.0. The lowest BCUT2D eigenvalue weighted by Crippen LogP contribution is -2.45. The van der Waals surface area contributed by atoms with Crippen molar-refractivity contribution in [1.82, 2.24) is 9.80 Å². The summed E-state index contributed by atoms with van der Waals surface area (Å²) in [6.07, 6.45) is 0. The van der Waals surface area contributed by atoms with Gasteiger partial charge in [0.15, 0.2) is 0 Å². The van der Waals surface area contributed by atoms with Gasteiger partial charge in [-0.25, -0.2) is 0 Å². The van der Waals surface area contributed by atoms with Crippen LogP contribution in [0.25, 0.3) is 0 Å². The number of nitrogens with zero attached hydrogens (tertiary/aromatic N) is 2. The molecule has 7 nitrogen and oxygen atoms in total. The van der Waals surface area contributed by atoms with E-state index < -0.39 is 0 Å². The van der Waals surface area contributed by atoms with Gasteiger partial charge in [0.1, 0.15) is 11.5 Å². The van der Waals surface area contributed by atoms with Gasteiger partial charge in [0.05, 0.1) is 33.4 Å². The van der Waals surface area contributed by atoms with E-state index in [1.54, 1.807) is 19.1 Å². The van der Waals surface area contributed by atoms with Crippen molar-refractivity contribution in [3.05, 3.63) is 59.7 Å². The second-order valence-electron chi connectivity index (χ2n) is 7.83. The van der Waals surface area contributed by atoms with E-state index in [1.165, 1.54) is 0 Å². The number of benzene rings is 2. The van der Waals surface area contributed by atoms with Gasteiger partial charge in [-0.15, -0.1) is 0 Å². The molecule has 0 aromatic heterocycles. The summed E-state index contributed by atoms with van der Waals surface area (Å²) in [5.74, 6) is 0.854. The molecule has 2 aromatic carbocycles. The quantitative estimate of drug-likeness (QED) is 0.738. The predicted octanol–water partition coefficient (Wildman–Crippen LogP) is 2.42. The zero-order chi connectivity index (χ0) is 21.8. The predicted molar refractivity (Wildman–Crippen MR) is 116 cm³/mol. The molecule has 2 saturated heterocycles. The van der Waals surface area contributed by atoms with Crippen LogP contribution in [-0.4, -0.2) is 75.2 Å². The Kier molecular flexibility index (Phi) is 6.42. The Bertz CT molecular complexity index is 927. The largest absolute Gasteiger partial charge is 0.497 e. The van der Waals surface area contributed by atoms with Crippen LogP contribution in [0.2, 0.25) is 0 Å². The Balaban J connectivity index is 1.66. The molecule has 0 aliphatic carbocycles. The maximum atomic E-state index is 13.5. The maximum absolute atomic E-state index is 13.5. The number of morpholine rings is 1. The topological polar surface area (TPSA) is 68.3 Å². The zero-order valence-corrected chi connectivity index (χ0v) is 18.0. The highest BCUT2D eigenvalue weighted by molar-refractivity contribution is 5.95. The van der Waals surface area contributed by atoms with Crippen molar-refractivity contribution in [2.24, 2.45) is 5.92 Å². The highest BCUT2D eigenvalue weighted by Crippen LogP contribution is 2.40. The number of methoxy groups -OCH3 is 2. The van der Waals surface area contributed by atoms with Gasteiger partial charge in [0.25, 0.3) is 5.91 Å². The van der Waals surface area contributed by atoms with Gasteiger partial charge in [-0.05, 0) is 18.2 Å². The number of rotatable bonds is 5. The fraction of sp³-hybridized carbons (Fsp3) is 0.417. The molecule has 2 heterocycles. The van der Waals surface area contributed by atoms with Crippen LogP contribution in [0.5, 0.6) is 11.5 Å². The van der Waals surface area contributed by atoms with E-state index >= 15 is 0 Å². The van der Waals surface area contributed by atoms with E-state index in [-0.39, 0.29) is 23.7 Å². The van der Waals surface area contributed by atoms with E-state index in [1.807, 2.05) is 53.4 Å². The summed E-state index contributed by atoms with van der Waals surface area (Å²) in [7, 11) is 3.22. The molecule has 0 radical (unpaired) electrons. The maximum Gasteiger partial charge on any atom is 0.253 e. The van der Waals surface area contributed by atoms with E-state index in [4.69, 9.17) is 14.2 Å². The Morgan fingerprint density at radius 3 is 2.35 bits per heavy atom. The molecule has 2 aliphatic rings. The Morgan fingerprint density at radius 1 is 0.935 bits per heavy atom.